The SMILES string of the molecule is c1ccc(-c2cccc(-c3ccc4oc5cccc(-c6nc(-c7ccccc7)nc(-c7cccc8c7oc7ccccc78)n6)c5c4c3)c2)cc1. The predicted octanol–water partition coefficient (Wildman–Crippen LogP) is 12.0. The standard InChI is InChI=1S/C45H27N3O2/c1-3-12-28(13-4-1)30-16-9-17-31(26-30)32-24-25-39-37(27-32)41-35(20-11-23-40(41)49-39)44-46-43(29-14-5-2-6-15-29)47-45(48-44)36-21-10-19-34-33-18-7-8-22-38(33)50-42(34)36/h1-27H. The molecule has 0 saturated carbocycles. The van der Waals surface area contributed by atoms with Crippen molar-refractivity contribution >= 4 is 43.9 Å². The number of furan rings is 2. The highest BCUT2D eigenvalue weighted by atomic mass is 16.3. The summed E-state index contributed by atoms with van der Waals surface area (Å²) in [5.74, 6) is 1.69. The van der Waals surface area contributed by atoms with Gasteiger partial charge in [-0.2, -0.15) is 0 Å². The number of fused-ring (bicyclic) bond motifs is 6. The smallest absolute Gasteiger partial charge is 0.167 e. The minimum Gasteiger partial charge on any atom is -0.456 e. The molecule has 0 bridgehead atoms. The molecule has 3 aromatic heterocycles. The Kier molecular flexibility index (Phi) is 6.42. The van der Waals surface area contributed by atoms with Crippen molar-refractivity contribution in [3.8, 4) is 56.4 Å². The molecule has 0 spiro atoms. The highest BCUT2D eigenvalue weighted by molar-refractivity contribution is 6.13. The molecule has 0 unspecified atom stereocenters. The lowest BCUT2D eigenvalue weighted by Crippen LogP contribution is -2.00. The van der Waals surface area contributed by atoms with Gasteiger partial charge in [-0.1, -0.05) is 127 Å². The highest BCUT2D eigenvalue weighted by Crippen LogP contribution is 2.40. The number of hydrogen-bond acceptors (Lipinski definition) is 5. The molecule has 0 fully saturated rings. The first kappa shape index (κ1) is 28.2. The third kappa shape index (κ3) is 4.67. The molecule has 7 aromatic carbocycles. The molecule has 10 aromatic rings. The summed E-state index contributed by atoms with van der Waals surface area (Å²) in [5, 5.41) is 4.04. The summed E-state index contributed by atoms with van der Waals surface area (Å²) in [7, 11) is 0. The van der Waals surface area contributed by atoms with Crippen molar-refractivity contribution in [2.24, 2.45) is 0 Å². The molecule has 0 saturated heterocycles. The second kappa shape index (κ2) is 11.4. The van der Waals surface area contributed by atoms with Crippen molar-refractivity contribution in [1.82, 2.24) is 15.0 Å². The summed E-state index contributed by atoms with van der Waals surface area (Å²) < 4.78 is 12.9. The van der Waals surface area contributed by atoms with Crippen LogP contribution in [0.25, 0.3) is 100 Å². The molecule has 0 aliphatic rings. The fourth-order valence-electron chi connectivity index (χ4n) is 6.96. The zero-order valence-electron chi connectivity index (χ0n) is 26.7. The van der Waals surface area contributed by atoms with E-state index in [4.69, 9.17) is 23.8 Å². The molecule has 0 aliphatic carbocycles. The molecule has 0 amide bonds. The van der Waals surface area contributed by atoms with Crippen LogP contribution < -0.4 is 0 Å². The quantitative estimate of drug-likeness (QED) is 0.187. The van der Waals surface area contributed by atoms with Gasteiger partial charge >= 0.3 is 0 Å². The van der Waals surface area contributed by atoms with Crippen LogP contribution in [-0.2, 0) is 0 Å². The summed E-state index contributed by atoms with van der Waals surface area (Å²) in [6.45, 7) is 0. The van der Waals surface area contributed by atoms with E-state index in [9.17, 15) is 0 Å². The minimum atomic E-state index is 0.543. The fourth-order valence-corrected chi connectivity index (χ4v) is 6.96. The van der Waals surface area contributed by atoms with E-state index in [1.54, 1.807) is 0 Å². The van der Waals surface area contributed by atoms with Crippen LogP contribution in [0, 0.1) is 0 Å². The fraction of sp³-hybridized carbons (Fsp3) is 0. The number of rotatable bonds is 5. The molecule has 5 heteroatoms. The van der Waals surface area contributed by atoms with E-state index >= 15 is 0 Å². The van der Waals surface area contributed by atoms with E-state index in [0.717, 1.165) is 71.7 Å². The lowest BCUT2D eigenvalue weighted by molar-refractivity contribution is 0.668. The Labute approximate surface area is 287 Å². The predicted molar refractivity (Wildman–Crippen MR) is 202 cm³/mol. The van der Waals surface area contributed by atoms with Gasteiger partial charge in [0.05, 0.1) is 5.56 Å². The largest absolute Gasteiger partial charge is 0.456 e. The van der Waals surface area contributed by atoms with Crippen LogP contribution in [0.5, 0.6) is 0 Å². The van der Waals surface area contributed by atoms with Crippen molar-refractivity contribution in [2.45, 2.75) is 0 Å². The third-order valence-corrected chi connectivity index (χ3v) is 9.35. The van der Waals surface area contributed by atoms with Crippen molar-refractivity contribution in [3.05, 3.63) is 164 Å². The maximum atomic E-state index is 6.43. The Morgan fingerprint density at radius 1 is 0.320 bits per heavy atom. The van der Waals surface area contributed by atoms with Gasteiger partial charge in [-0.25, -0.2) is 15.0 Å². The van der Waals surface area contributed by atoms with Gasteiger partial charge in [0.25, 0.3) is 0 Å². The lowest BCUT2D eigenvalue weighted by atomic mass is 9.97. The van der Waals surface area contributed by atoms with Gasteiger partial charge < -0.3 is 8.83 Å². The van der Waals surface area contributed by atoms with Crippen LogP contribution in [0.4, 0.5) is 0 Å². The van der Waals surface area contributed by atoms with Gasteiger partial charge in [0.2, 0.25) is 0 Å². The summed E-state index contributed by atoms with van der Waals surface area (Å²) in [6, 6.07) is 55.8. The van der Waals surface area contributed by atoms with Crippen LogP contribution in [0.15, 0.2) is 173 Å². The number of aromatic nitrogens is 3. The van der Waals surface area contributed by atoms with Gasteiger partial charge in [0, 0.05) is 32.7 Å². The first-order chi connectivity index (χ1) is 24.8. The maximum absolute atomic E-state index is 6.43. The summed E-state index contributed by atoms with van der Waals surface area (Å²) >= 11 is 0. The highest BCUT2D eigenvalue weighted by Gasteiger charge is 2.20. The first-order valence-electron chi connectivity index (χ1n) is 16.6. The van der Waals surface area contributed by atoms with Crippen molar-refractivity contribution in [1.29, 1.82) is 0 Å². The molecule has 5 nitrogen and oxygen atoms in total. The Hall–Kier alpha value is -6.85. The molecular weight excluding hydrogens is 615 g/mol. The van der Waals surface area contributed by atoms with Crippen molar-refractivity contribution in [3.63, 3.8) is 0 Å². The molecule has 3 heterocycles. The van der Waals surface area contributed by atoms with Crippen LogP contribution in [0.2, 0.25) is 0 Å². The normalized spacial score (nSPS) is 11.6. The first-order valence-corrected chi connectivity index (χ1v) is 16.6. The summed E-state index contributed by atoms with van der Waals surface area (Å²) in [6.07, 6.45) is 0. The number of hydrogen-bond donors (Lipinski definition) is 0. The van der Waals surface area contributed by atoms with E-state index in [2.05, 4.69) is 84.9 Å². The monoisotopic (exact) mass is 641 g/mol. The maximum Gasteiger partial charge on any atom is 0.167 e. The van der Waals surface area contributed by atoms with Gasteiger partial charge in [0.15, 0.2) is 17.5 Å². The van der Waals surface area contributed by atoms with Gasteiger partial charge in [0.1, 0.15) is 22.3 Å². The number of nitrogens with zero attached hydrogens (tertiary/aromatic N) is 3. The van der Waals surface area contributed by atoms with E-state index in [0.29, 0.717) is 17.5 Å². The number of benzene rings is 7. The average Bonchev–Trinajstić information content (AvgIpc) is 3.77. The third-order valence-electron chi connectivity index (χ3n) is 9.35. The van der Waals surface area contributed by atoms with E-state index < -0.39 is 0 Å². The van der Waals surface area contributed by atoms with Gasteiger partial charge in [-0.15, -0.1) is 0 Å². The lowest BCUT2D eigenvalue weighted by Gasteiger charge is -2.10. The Balaban J connectivity index is 1.18. The van der Waals surface area contributed by atoms with Crippen molar-refractivity contribution in [2.75, 3.05) is 0 Å². The number of para-hydroxylation sites is 2. The molecule has 234 valence electrons. The van der Waals surface area contributed by atoms with Crippen LogP contribution in [-0.4, -0.2) is 15.0 Å². The average molecular weight is 642 g/mol. The zero-order valence-corrected chi connectivity index (χ0v) is 26.7. The summed E-state index contributed by atoms with van der Waals surface area (Å²) in [4.78, 5) is 15.3. The summed E-state index contributed by atoms with van der Waals surface area (Å²) in [5.41, 5.74) is 10.3. The molecule has 0 aliphatic heterocycles. The van der Waals surface area contributed by atoms with Crippen LogP contribution in [0.1, 0.15) is 0 Å². The Morgan fingerprint density at radius 2 is 0.880 bits per heavy atom. The topological polar surface area (TPSA) is 65.0 Å². The Bertz CT molecular complexity index is 2870. The Morgan fingerprint density at radius 3 is 1.72 bits per heavy atom. The van der Waals surface area contributed by atoms with Crippen LogP contribution >= 0.6 is 0 Å². The zero-order chi connectivity index (χ0) is 33.0. The van der Waals surface area contributed by atoms with E-state index in [1.165, 1.54) is 11.1 Å². The second-order valence-electron chi connectivity index (χ2n) is 12.4. The van der Waals surface area contributed by atoms with Gasteiger partial charge in [-0.05, 0) is 58.7 Å². The molecule has 10 rings (SSSR count). The molecular formula is C45H27N3O2. The van der Waals surface area contributed by atoms with Crippen molar-refractivity contribution < 1.29 is 8.83 Å². The molecule has 0 N–H and O–H groups in total. The van der Waals surface area contributed by atoms with Crippen LogP contribution in [0.3, 0.4) is 0 Å². The second-order valence-corrected chi connectivity index (χ2v) is 12.4. The van der Waals surface area contributed by atoms with E-state index in [-0.39, 0.29) is 0 Å². The molecule has 50 heavy (non-hydrogen) atoms. The molecule has 0 radical (unpaired) electrons. The minimum absolute atomic E-state index is 0.543. The van der Waals surface area contributed by atoms with Gasteiger partial charge in [-0.3, -0.25) is 0 Å². The van der Waals surface area contributed by atoms with E-state index in [1.807, 2.05) is 78.9 Å². The molecule has 0 atom stereocenters.